The van der Waals surface area contributed by atoms with Crippen molar-refractivity contribution >= 4 is 39.2 Å². The third-order valence-corrected chi connectivity index (χ3v) is 5.75. The Morgan fingerprint density at radius 1 is 0.966 bits per heavy atom. The van der Waals surface area contributed by atoms with Gasteiger partial charge in [0, 0.05) is 5.56 Å². The molecule has 0 saturated heterocycles. The van der Waals surface area contributed by atoms with Crippen LogP contribution in [-0.2, 0) is 10.0 Å². The van der Waals surface area contributed by atoms with Crippen LogP contribution < -0.4 is 10.3 Å². The van der Waals surface area contributed by atoms with Gasteiger partial charge in [-0.25, -0.2) is 18.1 Å². The average Bonchev–Trinajstić information content (AvgIpc) is 2.67. The Kier molecular flexibility index (Phi) is 4.73. The first-order valence-electron chi connectivity index (χ1n) is 8.53. The minimum absolute atomic E-state index is 0.0758. The fraction of sp³-hybridized carbons (Fsp3) is 0.0526. The van der Waals surface area contributed by atoms with E-state index in [0.717, 1.165) is 5.56 Å². The van der Waals surface area contributed by atoms with E-state index in [0.29, 0.717) is 5.56 Å². The van der Waals surface area contributed by atoms with E-state index in [1.54, 1.807) is 36.4 Å². The van der Waals surface area contributed by atoms with Crippen molar-refractivity contribution in [2.24, 2.45) is 0 Å². The Hall–Kier alpha value is -3.37. The zero-order valence-electron chi connectivity index (χ0n) is 15.1. The highest BCUT2D eigenvalue weighted by Crippen LogP contribution is 2.25. The molecule has 0 aliphatic heterocycles. The fourth-order valence-corrected chi connectivity index (χ4v) is 3.95. The van der Waals surface area contributed by atoms with Gasteiger partial charge in [0.05, 0.1) is 10.6 Å². The number of hydrogen-bond donors (Lipinski definition) is 3. The van der Waals surface area contributed by atoms with E-state index < -0.39 is 15.6 Å². The van der Waals surface area contributed by atoms with Crippen molar-refractivity contribution in [1.29, 1.82) is 0 Å². The number of aromatic amines is 2. The van der Waals surface area contributed by atoms with E-state index >= 15 is 0 Å². The number of H-pyrrole nitrogens is 2. The highest BCUT2D eigenvalue weighted by atomic mass is 32.2. The first-order chi connectivity index (χ1) is 13.8. The third-order valence-electron chi connectivity index (χ3n) is 4.20. The Morgan fingerprint density at radius 3 is 2.34 bits per heavy atom. The molecule has 10 heteroatoms. The van der Waals surface area contributed by atoms with Crippen LogP contribution in [-0.4, -0.2) is 28.4 Å². The van der Waals surface area contributed by atoms with Gasteiger partial charge in [-0.3, -0.25) is 9.78 Å². The van der Waals surface area contributed by atoms with Crippen LogP contribution in [0.15, 0.2) is 64.3 Å². The molecule has 0 amide bonds. The summed E-state index contributed by atoms with van der Waals surface area (Å²) in [5.41, 5.74) is 1.52. The van der Waals surface area contributed by atoms with Crippen LogP contribution in [0.25, 0.3) is 22.3 Å². The van der Waals surface area contributed by atoms with Crippen LogP contribution in [0.4, 0.5) is 5.95 Å². The zero-order chi connectivity index (χ0) is 20.6. The molecule has 0 spiro atoms. The largest absolute Gasteiger partial charge is 0.316 e. The summed E-state index contributed by atoms with van der Waals surface area (Å²) in [7, 11) is -3.92. The number of hydrogen-bond acceptors (Lipinski definition) is 6. The fourth-order valence-electron chi connectivity index (χ4n) is 2.82. The number of fused-ring (bicyclic) bond motifs is 1. The van der Waals surface area contributed by atoms with Gasteiger partial charge in [0.1, 0.15) is 5.39 Å². The summed E-state index contributed by atoms with van der Waals surface area (Å²) >= 11 is 5.02. The molecule has 4 rings (SSSR count). The molecule has 0 atom stereocenters. The van der Waals surface area contributed by atoms with Gasteiger partial charge in [-0.2, -0.15) is 4.98 Å². The summed E-state index contributed by atoms with van der Waals surface area (Å²) in [4.78, 5) is 26.3. The van der Waals surface area contributed by atoms with E-state index in [4.69, 9.17) is 12.2 Å². The first kappa shape index (κ1) is 19.0. The van der Waals surface area contributed by atoms with Gasteiger partial charge >= 0.3 is 0 Å². The third kappa shape index (κ3) is 3.80. The molecular weight excluding hydrogens is 410 g/mol. The van der Waals surface area contributed by atoms with Crippen molar-refractivity contribution in [3.8, 4) is 11.3 Å². The molecule has 2 aromatic carbocycles. The molecule has 8 nitrogen and oxygen atoms in total. The van der Waals surface area contributed by atoms with Gasteiger partial charge in [-0.1, -0.05) is 48.0 Å². The van der Waals surface area contributed by atoms with E-state index in [-0.39, 0.29) is 32.3 Å². The number of aryl methyl sites for hydroxylation is 1. The van der Waals surface area contributed by atoms with Crippen molar-refractivity contribution in [3.05, 3.63) is 75.3 Å². The van der Waals surface area contributed by atoms with Crippen LogP contribution in [0.1, 0.15) is 5.56 Å². The minimum Gasteiger partial charge on any atom is -0.316 e. The number of rotatable bonds is 4. The molecule has 0 aliphatic rings. The molecule has 4 aromatic rings. The maximum absolute atomic E-state index is 12.7. The number of sulfonamides is 1. The van der Waals surface area contributed by atoms with E-state index in [9.17, 15) is 13.2 Å². The summed E-state index contributed by atoms with van der Waals surface area (Å²) in [6, 6.07) is 15.3. The van der Waals surface area contributed by atoms with Crippen molar-refractivity contribution in [2.45, 2.75) is 11.8 Å². The van der Waals surface area contributed by atoms with Crippen LogP contribution in [0.2, 0.25) is 0 Å². The number of aromatic nitrogens is 4. The lowest BCUT2D eigenvalue weighted by Gasteiger charge is -2.10. The van der Waals surface area contributed by atoms with Crippen LogP contribution in [0, 0.1) is 11.7 Å². The smallest absolute Gasteiger partial charge is 0.264 e. The average molecular weight is 425 g/mol. The lowest BCUT2D eigenvalue weighted by molar-refractivity contribution is 0.601. The van der Waals surface area contributed by atoms with Gasteiger partial charge in [-0.05, 0) is 31.3 Å². The molecule has 3 N–H and O–H groups in total. The minimum atomic E-state index is -3.92. The van der Waals surface area contributed by atoms with Gasteiger partial charge in [0.15, 0.2) is 10.4 Å². The van der Waals surface area contributed by atoms with Crippen molar-refractivity contribution < 1.29 is 8.42 Å². The second kappa shape index (κ2) is 7.22. The standard InChI is InChI=1S/C19H15N5O3S2/c1-11-7-9-13(10-8-11)29(26,27)24-18-20-15(12-5-3-2-4-6-12)14-16(21-18)22-19(28)23-17(14)25/h2-10H,1H3,(H3,20,21,22,23,24,25,28). The van der Waals surface area contributed by atoms with Crippen molar-refractivity contribution in [3.63, 3.8) is 0 Å². The van der Waals surface area contributed by atoms with E-state index in [1.165, 1.54) is 12.1 Å². The normalized spacial score (nSPS) is 11.5. The van der Waals surface area contributed by atoms with E-state index in [1.807, 2.05) is 13.0 Å². The summed E-state index contributed by atoms with van der Waals surface area (Å²) in [5, 5.41) is 0.183. The van der Waals surface area contributed by atoms with Gasteiger partial charge in [0.2, 0.25) is 5.95 Å². The molecule has 0 saturated carbocycles. The van der Waals surface area contributed by atoms with Gasteiger partial charge in [0.25, 0.3) is 15.6 Å². The second-order valence-corrected chi connectivity index (χ2v) is 8.40. The predicted octanol–water partition coefficient (Wildman–Crippen LogP) is 3.15. The molecule has 146 valence electrons. The van der Waals surface area contributed by atoms with Crippen molar-refractivity contribution in [2.75, 3.05) is 4.72 Å². The summed E-state index contributed by atoms with van der Waals surface area (Å²) in [5.74, 6) is -0.173. The number of nitrogens with one attached hydrogen (secondary N) is 3. The van der Waals surface area contributed by atoms with E-state index in [2.05, 4.69) is 24.7 Å². The molecule has 0 aliphatic carbocycles. The Balaban J connectivity index is 1.91. The molecular formula is C19H15N5O3S2. The SMILES string of the molecule is Cc1ccc(S(=O)(=O)Nc2nc(-c3ccccc3)c3c(=O)[nH]c(=S)[nH]c3n2)cc1. The van der Waals surface area contributed by atoms with Gasteiger partial charge < -0.3 is 4.98 Å². The van der Waals surface area contributed by atoms with Crippen molar-refractivity contribution in [1.82, 2.24) is 19.9 Å². The van der Waals surface area contributed by atoms with Crippen LogP contribution in [0.3, 0.4) is 0 Å². The molecule has 0 fully saturated rings. The summed E-state index contributed by atoms with van der Waals surface area (Å²) in [6.07, 6.45) is 0. The summed E-state index contributed by atoms with van der Waals surface area (Å²) < 4.78 is 27.9. The summed E-state index contributed by atoms with van der Waals surface area (Å²) in [6.45, 7) is 1.86. The number of benzene rings is 2. The first-order valence-corrected chi connectivity index (χ1v) is 10.4. The maximum atomic E-state index is 12.7. The van der Waals surface area contributed by atoms with Crippen LogP contribution >= 0.6 is 12.2 Å². The zero-order valence-corrected chi connectivity index (χ0v) is 16.8. The lowest BCUT2D eigenvalue weighted by Crippen LogP contribution is -2.17. The predicted molar refractivity (Wildman–Crippen MR) is 113 cm³/mol. The topological polar surface area (TPSA) is 121 Å². The van der Waals surface area contributed by atoms with Crippen LogP contribution in [0.5, 0.6) is 0 Å². The molecule has 0 bridgehead atoms. The highest BCUT2D eigenvalue weighted by Gasteiger charge is 2.19. The number of nitrogens with zero attached hydrogens (tertiary/aromatic N) is 2. The molecule has 29 heavy (non-hydrogen) atoms. The maximum Gasteiger partial charge on any atom is 0.264 e. The molecule has 0 radical (unpaired) electrons. The molecule has 0 unspecified atom stereocenters. The van der Waals surface area contributed by atoms with Gasteiger partial charge in [-0.15, -0.1) is 0 Å². The lowest BCUT2D eigenvalue weighted by atomic mass is 10.1. The Labute approximate surface area is 170 Å². The monoisotopic (exact) mass is 425 g/mol. The Bertz CT molecular complexity index is 1430. The molecule has 2 aromatic heterocycles. The number of anilines is 1. The Morgan fingerprint density at radius 2 is 1.66 bits per heavy atom. The highest BCUT2D eigenvalue weighted by molar-refractivity contribution is 7.92. The second-order valence-electron chi connectivity index (χ2n) is 6.31. The quantitative estimate of drug-likeness (QED) is 0.432. The molecule has 2 heterocycles.